The molecule has 31 atom stereocenters. The topological polar surface area (TPSA) is 338 Å². The summed E-state index contributed by atoms with van der Waals surface area (Å²) in [5.41, 5.74) is 1.17. The Morgan fingerprint density at radius 3 is 1.84 bits per heavy atom. The summed E-state index contributed by atoms with van der Waals surface area (Å²) >= 11 is 0. The first-order valence-electron chi connectivity index (χ1n) is 27.0. The molecular formula is C51H83NO21. The van der Waals surface area contributed by atoms with Crippen LogP contribution in [0.25, 0.3) is 0 Å². The molecule has 418 valence electrons. The van der Waals surface area contributed by atoms with E-state index in [4.69, 9.17) is 42.6 Å². The van der Waals surface area contributed by atoms with Crippen LogP contribution in [-0.4, -0.2) is 228 Å². The predicted molar refractivity (Wildman–Crippen MR) is 249 cm³/mol. The zero-order chi connectivity index (χ0) is 52.2. The number of hydrogen-bond donors (Lipinski definition) is 13. The van der Waals surface area contributed by atoms with Gasteiger partial charge in [0, 0.05) is 12.5 Å². The van der Waals surface area contributed by atoms with Gasteiger partial charge in [0.25, 0.3) is 0 Å². The van der Waals surface area contributed by atoms with Crippen molar-refractivity contribution in [1.29, 1.82) is 0 Å². The number of piperidine rings is 1. The molecule has 4 aliphatic carbocycles. The highest BCUT2D eigenvalue weighted by molar-refractivity contribution is 5.27. The summed E-state index contributed by atoms with van der Waals surface area (Å²) < 4.78 is 55.8. The van der Waals surface area contributed by atoms with Crippen LogP contribution in [0.15, 0.2) is 11.6 Å². The van der Waals surface area contributed by atoms with Crippen molar-refractivity contribution in [3.05, 3.63) is 11.6 Å². The number of hydrogen-bond acceptors (Lipinski definition) is 22. The summed E-state index contributed by atoms with van der Waals surface area (Å²) in [6.45, 7) is 9.68. The minimum atomic E-state index is -1.95. The lowest BCUT2D eigenvalue weighted by molar-refractivity contribution is -0.401. The fraction of sp³-hybridized carbons (Fsp3) is 0.961. The smallest absolute Gasteiger partial charge is 0.187 e. The van der Waals surface area contributed by atoms with Crippen molar-refractivity contribution in [2.24, 2.45) is 46.3 Å². The molecule has 22 nitrogen and oxygen atoms in total. The molecule has 0 aromatic heterocycles. The molecule has 0 amide bonds. The second kappa shape index (κ2) is 21.2. The minimum Gasteiger partial charge on any atom is -0.394 e. The van der Waals surface area contributed by atoms with Gasteiger partial charge in [-0.1, -0.05) is 39.3 Å². The Morgan fingerprint density at radius 2 is 1.18 bits per heavy atom. The highest BCUT2D eigenvalue weighted by atomic mass is 16.8. The van der Waals surface area contributed by atoms with Crippen molar-refractivity contribution < 1.29 is 104 Å². The summed E-state index contributed by atoms with van der Waals surface area (Å²) in [7, 11) is 0. The lowest BCUT2D eigenvalue weighted by Gasteiger charge is -2.59. The van der Waals surface area contributed by atoms with Crippen LogP contribution in [0.1, 0.15) is 92.4 Å². The Bertz CT molecular complexity index is 1930. The lowest BCUT2D eigenvalue weighted by atomic mass is 9.47. The van der Waals surface area contributed by atoms with Crippen LogP contribution < -0.4 is 5.32 Å². The molecule has 0 unspecified atom stereocenters. The Balaban J connectivity index is 0.873. The Hall–Kier alpha value is -1.14. The van der Waals surface area contributed by atoms with Crippen molar-refractivity contribution in [3.63, 3.8) is 0 Å². The number of rotatable bonds is 11. The van der Waals surface area contributed by atoms with Crippen molar-refractivity contribution >= 4 is 0 Å². The van der Waals surface area contributed by atoms with Crippen molar-refractivity contribution in [3.8, 4) is 0 Å². The largest absolute Gasteiger partial charge is 0.394 e. The molecule has 0 bridgehead atoms. The molecule has 10 aliphatic rings. The van der Waals surface area contributed by atoms with Gasteiger partial charge >= 0.3 is 0 Å². The van der Waals surface area contributed by atoms with E-state index in [1.807, 2.05) is 0 Å². The van der Waals surface area contributed by atoms with Gasteiger partial charge in [-0.25, -0.2) is 0 Å². The molecule has 1 spiro atoms. The van der Waals surface area contributed by atoms with E-state index < -0.39 is 149 Å². The predicted octanol–water partition coefficient (Wildman–Crippen LogP) is -2.39. The quantitative estimate of drug-likeness (QED) is 0.0961. The molecule has 0 radical (unpaired) electrons. The van der Waals surface area contributed by atoms with Gasteiger partial charge in [-0.15, -0.1) is 0 Å². The van der Waals surface area contributed by atoms with Crippen LogP contribution in [0, 0.1) is 46.3 Å². The summed E-state index contributed by atoms with van der Waals surface area (Å²) in [4.78, 5) is 0. The van der Waals surface area contributed by atoms with Crippen molar-refractivity contribution in [1.82, 2.24) is 5.32 Å². The molecule has 6 aliphatic heterocycles. The van der Waals surface area contributed by atoms with E-state index in [9.17, 15) is 61.3 Å². The van der Waals surface area contributed by atoms with Crippen LogP contribution in [0.4, 0.5) is 0 Å². The molecule has 22 heteroatoms. The van der Waals surface area contributed by atoms with Gasteiger partial charge in [0.15, 0.2) is 25.2 Å². The number of fused-ring (bicyclic) bond motifs is 7. The molecule has 6 saturated heterocycles. The van der Waals surface area contributed by atoms with Crippen LogP contribution in [0.2, 0.25) is 0 Å². The van der Waals surface area contributed by atoms with E-state index in [-0.39, 0.29) is 22.7 Å². The fourth-order valence-electron chi connectivity index (χ4n) is 15.7. The number of allylic oxidation sites excluding steroid dienone is 1. The highest BCUT2D eigenvalue weighted by Crippen LogP contribution is 2.70. The summed E-state index contributed by atoms with van der Waals surface area (Å²) in [6, 6.07) is 0. The Kier molecular flexibility index (Phi) is 16.0. The molecule has 0 aromatic carbocycles. The maximum absolute atomic E-state index is 12.4. The third-order valence-corrected chi connectivity index (χ3v) is 20.0. The molecule has 9 fully saturated rings. The van der Waals surface area contributed by atoms with Crippen molar-refractivity contribution in [2.75, 3.05) is 26.4 Å². The Morgan fingerprint density at radius 1 is 0.589 bits per heavy atom. The van der Waals surface area contributed by atoms with Gasteiger partial charge < -0.3 is 104 Å². The van der Waals surface area contributed by atoms with Crippen LogP contribution in [0.5, 0.6) is 0 Å². The van der Waals surface area contributed by atoms with E-state index in [1.165, 1.54) is 18.9 Å². The first-order chi connectivity index (χ1) is 34.7. The fourth-order valence-corrected chi connectivity index (χ4v) is 15.7. The number of nitrogens with one attached hydrogen (secondary N) is 1. The van der Waals surface area contributed by atoms with E-state index in [2.05, 4.69) is 39.1 Å². The van der Waals surface area contributed by atoms with Gasteiger partial charge in [0.1, 0.15) is 97.3 Å². The van der Waals surface area contributed by atoms with Crippen LogP contribution >= 0.6 is 0 Å². The average Bonchev–Trinajstić information content (AvgIpc) is 3.82. The zero-order valence-corrected chi connectivity index (χ0v) is 42.5. The third-order valence-electron chi connectivity index (χ3n) is 20.0. The molecule has 0 aromatic rings. The first-order valence-corrected chi connectivity index (χ1v) is 27.0. The Labute approximate surface area is 425 Å². The maximum Gasteiger partial charge on any atom is 0.187 e. The number of aliphatic hydroxyl groups is 12. The summed E-state index contributed by atoms with van der Waals surface area (Å²) in [5.74, 6) is 3.12. The maximum atomic E-state index is 12.4. The zero-order valence-electron chi connectivity index (χ0n) is 42.5. The number of ether oxygens (including phenoxy) is 9. The van der Waals surface area contributed by atoms with E-state index in [0.29, 0.717) is 48.3 Å². The molecule has 6 heterocycles. The monoisotopic (exact) mass is 1050 g/mol. The van der Waals surface area contributed by atoms with E-state index in [1.54, 1.807) is 0 Å². The first kappa shape index (κ1) is 55.2. The second-order valence-corrected chi connectivity index (χ2v) is 24.0. The van der Waals surface area contributed by atoms with E-state index in [0.717, 1.165) is 45.1 Å². The highest BCUT2D eigenvalue weighted by Gasteiger charge is 2.68. The number of aliphatic hydroxyl groups excluding tert-OH is 12. The summed E-state index contributed by atoms with van der Waals surface area (Å²) in [6.07, 6.45) is -22.9. The van der Waals surface area contributed by atoms with Crippen LogP contribution in [-0.2, 0) is 42.6 Å². The average molecular weight is 1050 g/mol. The van der Waals surface area contributed by atoms with Gasteiger partial charge in [0.05, 0.1) is 38.1 Å². The standard InChI is InChI=1S/C51H83NO21/c1-20-8-13-51(52-16-20)21(2)32-28(73-51)15-27-25-7-6-23-14-24(9-11-49(23,4)26(25)10-12-50(27,32)5)66-47-44(72-45-39(62)36(59)33(56)22(3)65-45)41(64)42(31(19-55)69-47)70-48-43(38(61)35(58)30(18-54)68-48)71-46-40(63)37(60)34(57)29(17-53)67-46/h6,20-22,24-48,52-64H,7-19H2,1-5H3/t20-,21+,22+,24+,25-,26+,27+,28+,29-,30-,31-,32+,33+,34-,35-,36-,37+,38+,39-,40-,41+,42+,43-,44-,45+,46+,47-,48+,49+,50+,51-/m1/s1. The molecule has 10 rings (SSSR count). The minimum absolute atomic E-state index is 0.0854. The molecular weight excluding hydrogens is 963 g/mol. The molecule has 13 N–H and O–H groups in total. The van der Waals surface area contributed by atoms with Gasteiger partial charge in [-0.2, -0.15) is 0 Å². The van der Waals surface area contributed by atoms with E-state index >= 15 is 0 Å². The van der Waals surface area contributed by atoms with Gasteiger partial charge in [-0.05, 0) is 105 Å². The van der Waals surface area contributed by atoms with Crippen LogP contribution in [0.3, 0.4) is 0 Å². The lowest BCUT2D eigenvalue weighted by Crippen LogP contribution is -2.68. The second-order valence-electron chi connectivity index (χ2n) is 24.0. The van der Waals surface area contributed by atoms with Crippen molar-refractivity contribution in [2.45, 2.75) is 233 Å². The molecule has 73 heavy (non-hydrogen) atoms. The summed E-state index contributed by atoms with van der Waals surface area (Å²) in [5, 5.41) is 133. The third kappa shape index (κ3) is 9.42. The van der Waals surface area contributed by atoms with Gasteiger partial charge in [0.2, 0.25) is 0 Å². The van der Waals surface area contributed by atoms with Gasteiger partial charge in [-0.3, -0.25) is 5.32 Å². The SMILES string of the molecule is C[C@@H]1CC[C@@]2(NC1)O[C@H]1C[C@H]3[C@@H]4CC=C5C[C@@H](O[C@@H]6O[C@H](CO)[C@H](O[C@@H]7O[C@H](CO)[C@@H](O)[C@H](O)[C@H]7O[C@@H]7O[C@H](CO)[C@@H](O)[C@H](O)[C@H]7O)[C@H](O)[C@H]6O[C@@H]6O[C@@H](C)[C@H](O)[C@@H](O)[C@H]6O)CC[C@]5(C)[C@H]4CC[C@]3(C)[C@H]1[C@@H]2C. The molecule has 3 saturated carbocycles. The normalized spacial score (nSPS) is 57.1.